The van der Waals surface area contributed by atoms with Gasteiger partial charge in [-0.15, -0.1) is 0 Å². The minimum absolute atomic E-state index is 0.187. The normalized spacial score (nSPS) is 13.7. The highest BCUT2D eigenvalue weighted by Crippen LogP contribution is 2.28. The number of fused-ring (bicyclic) bond motifs is 1. The monoisotopic (exact) mass is 494 g/mol. The number of carbonyl (C=O) groups is 3. The first-order chi connectivity index (χ1) is 16.8. The number of nitrogens with one attached hydrogen (secondary N) is 3. The van der Waals surface area contributed by atoms with Crippen molar-refractivity contribution < 1.29 is 23.9 Å². The molecule has 36 heavy (non-hydrogen) atoms. The fourth-order valence-electron chi connectivity index (χ4n) is 3.44. The SMILES string of the molecule is CC(C)(C)OC(=O)NCC(NC(=O)OC(C)(C)C)C(=O)Nc1ccc(C2=Nc3ccccc3C2)cc1. The minimum Gasteiger partial charge on any atom is -0.444 e. The van der Waals surface area contributed by atoms with Gasteiger partial charge in [-0.1, -0.05) is 30.3 Å². The van der Waals surface area contributed by atoms with Gasteiger partial charge < -0.3 is 25.4 Å². The van der Waals surface area contributed by atoms with Gasteiger partial charge in [0.15, 0.2) is 0 Å². The summed E-state index contributed by atoms with van der Waals surface area (Å²) in [7, 11) is 0. The third kappa shape index (κ3) is 8.11. The van der Waals surface area contributed by atoms with E-state index in [4.69, 9.17) is 9.47 Å². The van der Waals surface area contributed by atoms with Crippen LogP contribution < -0.4 is 16.0 Å². The number of ether oxygens (including phenoxy) is 2. The second kappa shape index (κ2) is 10.8. The molecule has 192 valence electrons. The molecule has 0 saturated heterocycles. The Hall–Kier alpha value is -3.88. The molecule has 2 aromatic rings. The minimum atomic E-state index is -1.10. The lowest BCUT2D eigenvalue weighted by Crippen LogP contribution is -2.52. The van der Waals surface area contributed by atoms with Crippen LogP contribution in [0, 0.1) is 0 Å². The van der Waals surface area contributed by atoms with Gasteiger partial charge in [-0.05, 0) is 70.9 Å². The molecular weight excluding hydrogens is 460 g/mol. The van der Waals surface area contributed by atoms with E-state index in [2.05, 4.69) is 27.0 Å². The summed E-state index contributed by atoms with van der Waals surface area (Å²) >= 11 is 0. The maximum atomic E-state index is 13.0. The van der Waals surface area contributed by atoms with Gasteiger partial charge in [-0.25, -0.2) is 9.59 Å². The van der Waals surface area contributed by atoms with Crippen LogP contribution in [0.25, 0.3) is 0 Å². The largest absolute Gasteiger partial charge is 0.444 e. The second-order valence-corrected chi connectivity index (χ2v) is 10.5. The van der Waals surface area contributed by atoms with Crippen molar-refractivity contribution in [2.75, 3.05) is 11.9 Å². The lowest BCUT2D eigenvalue weighted by atomic mass is 10.0. The number of amides is 3. The van der Waals surface area contributed by atoms with E-state index < -0.39 is 35.3 Å². The molecule has 9 heteroatoms. The third-order valence-electron chi connectivity index (χ3n) is 4.95. The van der Waals surface area contributed by atoms with Crippen molar-refractivity contribution in [3.05, 3.63) is 59.7 Å². The lowest BCUT2D eigenvalue weighted by molar-refractivity contribution is -0.118. The van der Waals surface area contributed by atoms with Crippen LogP contribution in [0.2, 0.25) is 0 Å². The average molecular weight is 495 g/mol. The van der Waals surface area contributed by atoms with Crippen LogP contribution in [0.1, 0.15) is 52.7 Å². The molecule has 3 rings (SSSR count). The molecule has 0 spiro atoms. The van der Waals surface area contributed by atoms with E-state index in [1.165, 1.54) is 5.56 Å². The van der Waals surface area contributed by atoms with Crippen molar-refractivity contribution >= 4 is 35.2 Å². The van der Waals surface area contributed by atoms with Gasteiger partial charge >= 0.3 is 12.2 Å². The highest BCUT2D eigenvalue weighted by Gasteiger charge is 2.26. The zero-order valence-electron chi connectivity index (χ0n) is 21.6. The summed E-state index contributed by atoms with van der Waals surface area (Å²) in [6.45, 7) is 10.2. The molecule has 9 nitrogen and oxygen atoms in total. The number of aliphatic imine (C=N–C) groups is 1. The first-order valence-electron chi connectivity index (χ1n) is 11.8. The predicted molar refractivity (Wildman–Crippen MR) is 139 cm³/mol. The summed E-state index contributed by atoms with van der Waals surface area (Å²) < 4.78 is 10.5. The number of carbonyl (C=O) groups excluding carboxylic acids is 3. The van der Waals surface area contributed by atoms with Gasteiger partial charge in [0.25, 0.3) is 0 Å². The van der Waals surface area contributed by atoms with Crippen molar-refractivity contribution in [3.8, 4) is 0 Å². The highest BCUT2D eigenvalue weighted by atomic mass is 16.6. The zero-order valence-corrected chi connectivity index (χ0v) is 21.6. The number of nitrogens with zero attached hydrogens (tertiary/aromatic N) is 1. The number of benzene rings is 2. The van der Waals surface area contributed by atoms with Gasteiger partial charge in [0, 0.05) is 12.1 Å². The van der Waals surface area contributed by atoms with Crippen LogP contribution in [0.15, 0.2) is 53.5 Å². The van der Waals surface area contributed by atoms with Crippen molar-refractivity contribution in [2.45, 2.75) is 65.2 Å². The van der Waals surface area contributed by atoms with Gasteiger partial charge in [-0.2, -0.15) is 0 Å². The molecule has 1 aliphatic heterocycles. The Bertz CT molecular complexity index is 1140. The van der Waals surface area contributed by atoms with Crippen molar-refractivity contribution in [3.63, 3.8) is 0 Å². The number of alkyl carbamates (subject to hydrolysis) is 2. The van der Waals surface area contributed by atoms with Gasteiger partial charge in [-0.3, -0.25) is 9.79 Å². The van der Waals surface area contributed by atoms with Gasteiger partial charge in [0.1, 0.15) is 17.2 Å². The Labute approximate surface area is 211 Å². The molecular formula is C27H34N4O5. The van der Waals surface area contributed by atoms with Crippen LogP contribution in [-0.4, -0.2) is 47.6 Å². The highest BCUT2D eigenvalue weighted by molar-refractivity contribution is 6.07. The van der Waals surface area contributed by atoms with Gasteiger partial charge in [0.05, 0.1) is 17.9 Å². The van der Waals surface area contributed by atoms with Crippen molar-refractivity contribution in [1.29, 1.82) is 0 Å². The van der Waals surface area contributed by atoms with E-state index in [0.717, 1.165) is 23.4 Å². The van der Waals surface area contributed by atoms with Crippen molar-refractivity contribution in [1.82, 2.24) is 10.6 Å². The van der Waals surface area contributed by atoms with Crippen LogP contribution in [0.3, 0.4) is 0 Å². The third-order valence-corrected chi connectivity index (χ3v) is 4.95. The molecule has 1 atom stereocenters. The maximum absolute atomic E-state index is 13.0. The molecule has 0 aliphatic carbocycles. The summed E-state index contributed by atoms with van der Waals surface area (Å²) in [4.78, 5) is 42.1. The smallest absolute Gasteiger partial charge is 0.408 e. The van der Waals surface area contributed by atoms with Gasteiger partial charge in [0.2, 0.25) is 5.91 Å². The van der Waals surface area contributed by atoms with Crippen molar-refractivity contribution in [2.24, 2.45) is 4.99 Å². The van der Waals surface area contributed by atoms with E-state index in [1.54, 1.807) is 53.7 Å². The maximum Gasteiger partial charge on any atom is 0.408 e. The molecule has 0 fully saturated rings. The van der Waals surface area contributed by atoms with Crippen LogP contribution in [0.5, 0.6) is 0 Å². The number of hydrogen-bond donors (Lipinski definition) is 3. The average Bonchev–Trinajstić information content (AvgIpc) is 3.19. The molecule has 2 aromatic carbocycles. The Morgan fingerprint density at radius 1 is 0.889 bits per heavy atom. The molecule has 1 heterocycles. The molecule has 1 unspecified atom stereocenters. The molecule has 0 radical (unpaired) electrons. The number of hydrogen-bond acceptors (Lipinski definition) is 6. The summed E-state index contributed by atoms with van der Waals surface area (Å²) in [5, 5.41) is 7.81. The number of anilines is 1. The molecule has 1 aliphatic rings. The number of rotatable bonds is 6. The Morgan fingerprint density at radius 3 is 2.11 bits per heavy atom. The number of para-hydroxylation sites is 1. The Morgan fingerprint density at radius 2 is 1.50 bits per heavy atom. The first kappa shape index (κ1) is 26.7. The van der Waals surface area contributed by atoms with E-state index in [9.17, 15) is 14.4 Å². The topological polar surface area (TPSA) is 118 Å². The standard InChI is InChI=1S/C27H34N4O5/c1-26(2,3)35-24(33)28-16-22(31-25(34)36-27(4,5)6)23(32)29-19-13-11-17(12-14-19)21-15-18-9-7-8-10-20(18)30-21/h7-14,22H,15-16H2,1-6H3,(H,28,33)(H,29,32)(H,31,34). The molecule has 0 aromatic heterocycles. The van der Waals surface area contributed by atoms with E-state index in [1.807, 2.05) is 30.3 Å². The first-order valence-corrected chi connectivity index (χ1v) is 11.8. The van der Waals surface area contributed by atoms with E-state index in [-0.39, 0.29) is 6.54 Å². The lowest BCUT2D eigenvalue weighted by Gasteiger charge is -2.24. The Balaban J connectivity index is 1.65. The predicted octanol–water partition coefficient (Wildman–Crippen LogP) is 4.72. The summed E-state index contributed by atoms with van der Waals surface area (Å²) in [5.41, 5.74) is 3.15. The summed E-state index contributed by atoms with van der Waals surface area (Å²) in [5.74, 6) is -0.518. The molecule has 0 saturated carbocycles. The Kier molecular flexibility index (Phi) is 8.02. The fraction of sp³-hybridized carbons (Fsp3) is 0.407. The van der Waals surface area contributed by atoms with Crippen LogP contribution in [0.4, 0.5) is 21.0 Å². The molecule has 0 bridgehead atoms. The molecule has 3 amide bonds. The van der Waals surface area contributed by atoms with E-state index in [0.29, 0.717) is 5.69 Å². The molecule has 3 N–H and O–H groups in total. The zero-order chi connectivity index (χ0) is 26.5. The summed E-state index contributed by atoms with van der Waals surface area (Å²) in [6, 6.07) is 14.2. The summed E-state index contributed by atoms with van der Waals surface area (Å²) in [6.07, 6.45) is -0.725. The van der Waals surface area contributed by atoms with Crippen LogP contribution in [-0.2, 0) is 20.7 Å². The van der Waals surface area contributed by atoms with E-state index >= 15 is 0 Å². The quantitative estimate of drug-likeness (QED) is 0.537. The second-order valence-electron chi connectivity index (χ2n) is 10.5. The fourth-order valence-corrected chi connectivity index (χ4v) is 3.44. The van der Waals surface area contributed by atoms with Crippen LogP contribution >= 0.6 is 0 Å².